The number of methoxy groups -OCH3 is 1. The van der Waals surface area contributed by atoms with Gasteiger partial charge >= 0.3 is 5.97 Å². The summed E-state index contributed by atoms with van der Waals surface area (Å²) in [6.07, 6.45) is 0.798. The smallest absolute Gasteiger partial charge is 0.357 e. The highest BCUT2D eigenvalue weighted by Gasteiger charge is 2.24. The van der Waals surface area contributed by atoms with E-state index in [1.165, 1.54) is 11.8 Å². The molecular weight excluding hydrogens is 352 g/mol. The molecule has 0 radical (unpaired) electrons. The molecule has 0 fully saturated rings. The Kier molecular flexibility index (Phi) is 5.28. The fourth-order valence-corrected chi connectivity index (χ4v) is 3.10. The van der Waals surface area contributed by atoms with Gasteiger partial charge in [-0.15, -0.1) is 0 Å². The van der Waals surface area contributed by atoms with Gasteiger partial charge in [0.05, 0.1) is 7.11 Å². The minimum absolute atomic E-state index is 0.159. The Morgan fingerprint density at radius 1 is 1.15 bits per heavy atom. The maximum absolute atomic E-state index is 13.0. The Bertz CT molecular complexity index is 1010. The Labute approximate surface area is 156 Å². The Morgan fingerprint density at radius 2 is 1.88 bits per heavy atom. The van der Waals surface area contributed by atoms with E-state index in [1.807, 2.05) is 37.3 Å². The van der Waals surface area contributed by atoms with Crippen molar-refractivity contribution >= 4 is 28.3 Å². The van der Waals surface area contributed by atoms with Crippen LogP contribution in [0.1, 0.15) is 23.8 Å². The number of esters is 1. The van der Waals surface area contributed by atoms with Crippen molar-refractivity contribution in [3.8, 4) is 11.1 Å². The fraction of sp³-hybridized carbons (Fsp3) is 0.200. The molecule has 0 aliphatic rings. The number of hydrogen-bond acceptors (Lipinski definition) is 4. The summed E-state index contributed by atoms with van der Waals surface area (Å²) in [5, 5.41) is 1.58. The van der Waals surface area contributed by atoms with E-state index >= 15 is 0 Å². The molecule has 3 rings (SSSR count). The van der Waals surface area contributed by atoms with Gasteiger partial charge in [0.15, 0.2) is 5.69 Å². The summed E-state index contributed by atoms with van der Waals surface area (Å²) in [5.74, 6) is -0.591. The summed E-state index contributed by atoms with van der Waals surface area (Å²) >= 11 is 6.18. The van der Waals surface area contributed by atoms with Crippen LogP contribution in [0.15, 0.2) is 53.3 Å². The Hall–Kier alpha value is -2.79. The van der Waals surface area contributed by atoms with E-state index in [0.717, 1.165) is 12.0 Å². The van der Waals surface area contributed by atoms with E-state index in [-0.39, 0.29) is 11.3 Å². The van der Waals surface area contributed by atoms with Gasteiger partial charge in [-0.2, -0.15) is 0 Å². The zero-order chi connectivity index (χ0) is 18.7. The summed E-state index contributed by atoms with van der Waals surface area (Å²) in [6.45, 7) is 2.52. The van der Waals surface area contributed by atoms with E-state index in [9.17, 15) is 9.59 Å². The molecule has 0 bridgehead atoms. The van der Waals surface area contributed by atoms with Gasteiger partial charge < -0.3 is 10.2 Å². The molecular formula is C20H19ClN2O3. The summed E-state index contributed by atoms with van der Waals surface area (Å²) in [5.41, 5.74) is 4.29. The molecule has 1 N–H and O–H groups in total. The van der Waals surface area contributed by atoms with E-state index in [4.69, 9.17) is 16.3 Å². The fourth-order valence-electron chi connectivity index (χ4n) is 2.93. The zero-order valence-corrected chi connectivity index (χ0v) is 15.3. The van der Waals surface area contributed by atoms with Crippen molar-refractivity contribution < 1.29 is 9.53 Å². The molecule has 6 heteroatoms. The second kappa shape index (κ2) is 7.62. The molecule has 5 nitrogen and oxygen atoms in total. The number of ether oxygens (including phenoxy) is 1. The van der Waals surface area contributed by atoms with Crippen LogP contribution in [0.5, 0.6) is 0 Å². The summed E-state index contributed by atoms with van der Waals surface area (Å²) in [6, 6.07) is 14.5. The van der Waals surface area contributed by atoms with Crippen molar-refractivity contribution in [3.63, 3.8) is 0 Å². The summed E-state index contributed by atoms with van der Waals surface area (Å²) in [4.78, 5) is 25.6. The number of nitrogens with one attached hydrogen (secondary N) is 1. The van der Waals surface area contributed by atoms with Crippen LogP contribution in [-0.2, 0) is 4.74 Å². The van der Waals surface area contributed by atoms with Crippen LogP contribution in [0.4, 0.5) is 0 Å². The van der Waals surface area contributed by atoms with E-state index in [0.29, 0.717) is 27.9 Å². The SMILES string of the molecule is CCCNn1c(C(=O)OC)c(-c2ccccc2)c2cc(Cl)ccc2c1=O. The molecule has 134 valence electrons. The molecule has 1 heterocycles. The maximum atomic E-state index is 13.0. The third kappa shape index (κ3) is 3.18. The average molecular weight is 371 g/mol. The number of pyridine rings is 1. The Balaban J connectivity index is 2.50. The monoisotopic (exact) mass is 370 g/mol. The predicted molar refractivity (Wildman–Crippen MR) is 105 cm³/mol. The predicted octanol–water partition coefficient (Wildman–Crippen LogP) is 4.06. The maximum Gasteiger partial charge on any atom is 0.357 e. The van der Waals surface area contributed by atoms with Crippen LogP contribution in [0.2, 0.25) is 5.02 Å². The highest BCUT2D eigenvalue weighted by Crippen LogP contribution is 2.32. The van der Waals surface area contributed by atoms with E-state index in [1.54, 1.807) is 18.2 Å². The topological polar surface area (TPSA) is 60.3 Å². The number of fused-ring (bicyclic) bond motifs is 1. The van der Waals surface area contributed by atoms with Crippen LogP contribution in [0.25, 0.3) is 21.9 Å². The molecule has 26 heavy (non-hydrogen) atoms. The van der Waals surface area contributed by atoms with Gasteiger partial charge in [-0.25, -0.2) is 9.47 Å². The normalized spacial score (nSPS) is 10.7. The number of halogens is 1. The van der Waals surface area contributed by atoms with Crippen molar-refractivity contribution in [3.05, 3.63) is 69.6 Å². The van der Waals surface area contributed by atoms with Gasteiger partial charge in [0.1, 0.15) is 0 Å². The minimum atomic E-state index is -0.591. The standard InChI is InChI=1S/C20H19ClN2O3/c1-3-11-22-23-18(20(25)26-2)17(13-7-5-4-6-8-13)16-12-14(21)9-10-15(16)19(23)24/h4-10,12,22H,3,11H2,1-2H3. The zero-order valence-electron chi connectivity index (χ0n) is 14.6. The van der Waals surface area contributed by atoms with E-state index in [2.05, 4.69) is 5.43 Å². The third-order valence-electron chi connectivity index (χ3n) is 4.11. The van der Waals surface area contributed by atoms with Gasteiger partial charge in [0.2, 0.25) is 0 Å². The lowest BCUT2D eigenvalue weighted by Gasteiger charge is -2.19. The van der Waals surface area contributed by atoms with Crippen LogP contribution in [-0.4, -0.2) is 24.3 Å². The van der Waals surface area contributed by atoms with Gasteiger partial charge in [0.25, 0.3) is 5.56 Å². The van der Waals surface area contributed by atoms with Gasteiger partial charge in [-0.3, -0.25) is 4.79 Å². The molecule has 0 aliphatic heterocycles. The lowest BCUT2D eigenvalue weighted by molar-refractivity contribution is 0.0590. The summed E-state index contributed by atoms with van der Waals surface area (Å²) in [7, 11) is 1.30. The molecule has 0 saturated carbocycles. The lowest BCUT2D eigenvalue weighted by Crippen LogP contribution is -2.35. The Morgan fingerprint density at radius 3 is 2.54 bits per heavy atom. The van der Waals surface area contributed by atoms with Gasteiger partial charge in [-0.05, 0) is 35.6 Å². The highest BCUT2D eigenvalue weighted by atomic mass is 35.5. The molecule has 0 amide bonds. The van der Waals surface area contributed by atoms with Crippen LogP contribution < -0.4 is 11.0 Å². The van der Waals surface area contributed by atoms with Gasteiger partial charge in [0, 0.05) is 22.5 Å². The first-order valence-corrected chi connectivity index (χ1v) is 8.72. The van der Waals surface area contributed by atoms with E-state index < -0.39 is 5.97 Å². The quantitative estimate of drug-likeness (QED) is 0.688. The molecule has 0 saturated heterocycles. The largest absolute Gasteiger partial charge is 0.464 e. The molecule has 3 aromatic rings. The first kappa shape index (κ1) is 18.0. The lowest BCUT2D eigenvalue weighted by atomic mass is 9.97. The minimum Gasteiger partial charge on any atom is -0.464 e. The van der Waals surface area contributed by atoms with Crippen molar-refractivity contribution in [1.82, 2.24) is 4.68 Å². The van der Waals surface area contributed by atoms with Crippen LogP contribution >= 0.6 is 11.6 Å². The van der Waals surface area contributed by atoms with Crippen LogP contribution in [0.3, 0.4) is 0 Å². The average Bonchev–Trinajstić information content (AvgIpc) is 2.67. The number of hydrogen-bond donors (Lipinski definition) is 1. The number of carbonyl (C=O) groups excluding carboxylic acids is 1. The first-order chi connectivity index (χ1) is 12.6. The van der Waals surface area contributed by atoms with Crippen molar-refractivity contribution in [1.29, 1.82) is 0 Å². The van der Waals surface area contributed by atoms with Crippen molar-refractivity contribution in [2.45, 2.75) is 13.3 Å². The molecule has 0 aliphatic carbocycles. The first-order valence-electron chi connectivity index (χ1n) is 8.34. The number of aromatic nitrogens is 1. The van der Waals surface area contributed by atoms with Gasteiger partial charge in [-0.1, -0.05) is 48.9 Å². The third-order valence-corrected chi connectivity index (χ3v) is 4.34. The number of nitrogens with zero attached hydrogens (tertiary/aromatic N) is 1. The number of benzene rings is 2. The molecule has 0 spiro atoms. The second-order valence-corrected chi connectivity index (χ2v) is 6.26. The van der Waals surface area contributed by atoms with Crippen LogP contribution in [0, 0.1) is 0 Å². The van der Waals surface area contributed by atoms with Crippen molar-refractivity contribution in [2.75, 3.05) is 19.1 Å². The van der Waals surface area contributed by atoms with Crippen molar-refractivity contribution in [2.24, 2.45) is 0 Å². The highest BCUT2D eigenvalue weighted by molar-refractivity contribution is 6.31. The molecule has 2 aromatic carbocycles. The molecule has 0 unspecified atom stereocenters. The molecule has 0 atom stereocenters. The summed E-state index contributed by atoms with van der Waals surface area (Å²) < 4.78 is 6.27. The molecule has 1 aromatic heterocycles. The number of rotatable bonds is 5. The number of carbonyl (C=O) groups is 1. The second-order valence-electron chi connectivity index (χ2n) is 5.82.